The van der Waals surface area contributed by atoms with Crippen molar-refractivity contribution in [3.8, 4) is 0 Å². The second kappa shape index (κ2) is 3.99. The summed E-state index contributed by atoms with van der Waals surface area (Å²) in [5, 5.41) is 0. The van der Waals surface area contributed by atoms with Crippen molar-refractivity contribution < 1.29 is 4.79 Å². The predicted octanol–water partition coefficient (Wildman–Crippen LogP) is 2.31. The van der Waals surface area contributed by atoms with Gasteiger partial charge in [-0.25, -0.2) is 0 Å². The van der Waals surface area contributed by atoms with Gasteiger partial charge in [-0.15, -0.1) is 0 Å². The number of hydrogen-bond acceptors (Lipinski definition) is 1. The molecule has 0 spiro atoms. The highest BCUT2D eigenvalue weighted by molar-refractivity contribution is 9.09. The van der Waals surface area contributed by atoms with E-state index in [-0.39, 0.29) is 0 Å². The van der Waals surface area contributed by atoms with E-state index in [0.717, 1.165) is 6.54 Å². The first-order valence-corrected chi connectivity index (χ1v) is 6.12. The van der Waals surface area contributed by atoms with Gasteiger partial charge in [-0.3, -0.25) is 4.79 Å². The molecule has 1 aliphatic carbocycles. The second-order valence-corrected chi connectivity index (χ2v) is 5.43. The third-order valence-corrected chi connectivity index (χ3v) is 3.74. The van der Waals surface area contributed by atoms with Gasteiger partial charge >= 0.3 is 0 Å². The minimum absolute atomic E-state index is 0.355. The van der Waals surface area contributed by atoms with Crippen LogP contribution in [-0.4, -0.2) is 28.2 Å². The van der Waals surface area contributed by atoms with Crippen LogP contribution in [0.25, 0.3) is 0 Å². The average Bonchev–Trinajstić information content (AvgIpc) is 2.47. The normalized spacial score (nSPS) is 31.3. The lowest BCUT2D eigenvalue weighted by Gasteiger charge is -2.30. The summed E-state index contributed by atoms with van der Waals surface area (Å²) in [6.45, 7) is 0.934. The monoisotopic (exact) mass is 245 g/mol. The fourth-order valence-corrected chi connectivity index (χ4v) is 3.02. The molecule has 1 amide bonds. The van der Waals surface area contributed by atoms with E-state index in [9.17, 15) is 4.79 Å². The summed E-state index contributed by atoms with van der Waals surface area (Å²) in [6, 6.07) is 0.559. The fraction of sp³-hybridized carbons (Fsp3) is 0.900. The van der Waals surface area contributed by atoms with Gasteiger partial charge in [0, 0.05) is 23.8 Å². The maximum Gasteiger partial charge on any atom is 0.224 e. The summed E-state index contributed by atoms with van der Waals surface area (Å²) in [7, 11) is 0. The maximum absolute atomic E-state index is 11.6. The van der Waals surface area contributed by atoms with E-state index in [4.69, 9.17) is 0 Å². The SMILES string of the molecule is O=C1CC(Br)CN1C1CCCCC1. The molecule has 74 valence electrons. The standard InChI is InChI=1S/C10H16BrNO/c11-8-6-10(13)12(7-8)9-4-2-1-3-5-9/h8-9H,1-7H2. The highest BCUT2D eigenvalue weighted by Crippen LogP contribution is 2.28. The Labute approximate surface area is 87.8 Å². The van der Waals surface area contributed by atoms with Gasteiger partial charge in [0.25, 0.3) is 0 Å². The van der Waals surface area contributed by atoms with Crippen LogP contribution in [0.2, 0.25) is 0 Å². The lowest BCUT2D eigenvalue weighted by atomic mass is 9.94. The Hall–Kier alpha value is -0.0500. The zero-order valence-electron chi connectivity index (χ0n) is 7.84. The number of halogens is 1. The van der Waals surface area contributed by atoms with E-state index < -0.39 is 0 Å². The van der Waals surface area contributed by atoms with Crippen LogP contribution in [0.15, 0.2) is 0 Å². The van der Waals surface area contributed by atoms with Crippen LogP contribution < -0.4 is 0 Å². The van der Waals surface area contributed by atoms with E-state index in [1.165, 1.54) is 32.1 Å². The largest absolute Gasteiger partial charge is 0.339 e. The zero-order valence-corrected chi connectivity index (χ0v) is 9.42. The van der Waals surface area contributed by atoms with Gasteiger partial charge in [-0.05, 0) is 12.8 Å². The number of amides is 1. The number of carbonyl (C=O) groups excluding carboxylic acids is 1. The minimum atomic E-state index is 0.355. The molecule has 2 aliphatic rings. The molecule has 2 fully saturated rings. The van der Waals surface area contributed by atoms with Gasteiger partial charge in [0.1, 0.15) is 0 Å². The third kappa shape index (κ3) is 2.06. The Kier molecular flexibility index (Phi) is 2.92. The van der Waals surface area contributed by atoms with Crippen molar-refractivity contribution in [3.05, 3.63) is 0 Å². The average molecular weight is 246 g/mol. The van der Waals surface area contributed by atoms with Crippen LogP contribution in [0.5, 0.6) is 0 Å². The van der Waals surface area contributed by atoms with E-state index in [2.05, 4.69) is 20.8 Å². The first-order chi connectivity index (χ1) is 6.27. The fourth-order valence-electron chi connectivity index (χ4n) is 2.43. The molecule has 1 aliphatic heterocycles. The molecule has 0 radical (unpaired) electrons. The number of alkyl halides is 1. The molecule has 3 heteroatoms. The van der Waals surface area contributed by atoms with Gasteiger partial charge in [-0.2, -0.15) is 0 Å². The Bertz CT molecular complexity index is 201. The number of nitrogens with zero attached hydrogens (tertiary/aromatic N) is 1. The summed E-state index contributed by atoms with van der Waals surface area (Å²) >= 11 is 3.52. The summed E-state index contributed by atoms with van der Waals surface area (Å²) in [5.41, 5.74) is 0. The molecule has 1 heterocycles. The van der Waals surface area contributed by atoms with E-state index in [0.29, 0.717) is 23.2 Å². The van der Waals surface area contributed by atoms with Crippen LogP contribution in [-0.2, 0) is 4.79 Å². The van der Waals surface area contributed by atoms with Gasteiger partial charge in [0.05, 0.1) is 0 Å². The van der Waals surface area contributed by atoms with Crippen LogP contribution >= 0.6 is 15.9 Å². The van der Waals surface area contributed by atoms with E-state index >= 15 is 0 Å². The van der Waals surface area contributed by atoms with Crippen molar-refractivity contribution in [2.75, 3.05) is 6.54 Å². The summed E-state index contributed by atoms with van der Waals surface area (Å²) in [5.74, 6) is 0.355. The Morgan fingerprint density at radius 3 is 2.46 bits per heavy atom. The van der Waals surface area contributed by atoms with E-state index in [1.807, 2.05) is 0 Å². The molecule has 0 aromatic rings. The zero-order chi connectivity index (χ0) is 9.26. The summed E-state index contributed by atoms with van der Waals surface area (Å²) in [4.78, 5) is 14.1. The topological polar surface area (TPSA) is 20.3 Å². The number of hydrogen-bond donors (Lipinski definition) is 0. The highest BCUT2D eigenvalue weighted by atomic mass is 79.9. The molecule has 0 N–H and O–H groups in total. The maximum atomic E-state index is 11.6. The number of likely N-dealkylation sites (tertiary alicyclic amines) is 1. The molecule has 2 rings (SSSR count). The van der Waals surface area contributed by atoms with Gasteiger partial charge < -0.3 is 4.90 Å². The number of carbonyl (C=O) groups is 1. The van der Waals surface area contributed by atoms with Crippen molar-refractivity contribution in [2.45, 2.75) is 49.4 Å². The molecule has 1 unspecified atom stereocenters. The van der Waals surface area contributed by atoms with Gasteiger partial charge in [0.15, 0.2) is 0 Å². The summed E-state index contributed by atoms with van der Waals surface area (Å²) < 4.78 is 0. The smallest absolute Gasteiger partial charge is 0.224 e. The predicted molar refractivity (Wildman–Crippen MR) is 55.9 cm³/mol. The molecule has 1 atom stereocenters. The molecule has 0 aromatic carbocycles. The van der Waals surface area contributed by atoms with Crippen molar-refractivity contribution >= 4 is 21.8 Å². The molecule has 1 saturated heterocycles. The molecule has 1 saturated carbocycles. The Morgan fingerprint density at radius 2 is 1.92 bits per heavy atom. The molecular formula is C10H16BrNO. The van der Waals surface area contributed by atoms with Crippen LogP contribution in [0.4, 0.5) is 0 Å². The molecule has 0 bridgehead atoms. The van der Waals surface area contributed by atoms with Crippen LogP contribution in [0.1, 0.15) is 38.5 Å². The lowest BCUT2D eigenvalue weighted by Crippen LogP contribution is -2.37. The highest BCUT2D eigenvalue weighted by Gasteiger charge is 2.33. The van der Waals surface area contributed by atoms with Crippen molar-refractivity contribution in [2.24, 2.45) is 0 Å². The molecule has 13 heavy (non-hydrogen) atoms. The van der Waals surface area contributed by atoms with Crippen molar-refractivity contribution in [1.82, 2.24) is 4.90 Å². The number of rotatable bonds is 1. The Balaban J connectivity index is 1.95. The first-order valence-electron chi connectivity index (χ1n) is 5.21. The van der Waals surface area contributed by atoms with Gasteiger partial charge in [-0.1, -0.05) is 35.2 Å². The molecule has 2 nitrogen and oxygen atoms in total. The van der Waals surface area contributed by atoms with Crippen LogP contribution in [0, 0.1) is 0 Å². The van der Waals surface area contributed by atoms with Crippen LogP contribution in [0.3, 0.4) is 0 Å². The third-order valence-electron chi connectivity index (χ3n) is 3.13. The van der Waals surface area contributed by atoms with E-state index in [1.54, 1.807) is 0 Å². The van der Waals surface area contributed by atoms with Crippen molar-refractivity contribution in [1.29, 1.82) is 0 Å². The Morgan fingerprint density at radius 1 is 1.23 bits per heavy atom. The van der Waals surface area contributed by atoms with Crippen molar-refractivity contribution in [3.63, 3.8) is 0 Å². The second-order valence-electron chi connectivity index (χ2n) is 4.14. The summed E-state index contributed by atoms with van der Waals surface area (Å²) in [6.07, 6.45) is 7.13. The van der Waals surface area contributed by atoms with Gasteiger partial charge in [0.2, 0.25) is 5.91 Å². The lowest BCUT2D eigenvalue weighted by molar-refractivity contribution is -0.130. The minimum Gasteiger partial charge on any atom is -0.339 e. The molecular weight excluding hydrogens is 230 g/mol. The quantitative estimate of drug-likeness (QED) is 0.650. The first kappa shape index (κ1) is 9.50. The molecule has 0 aromatic heterocycles.